The molecule has 1 N–H and O–H groups in total. The quantitative estimate of drug-likeness (QED) is 0.592. The molecule has 2 heterocycles. The number of benzene rings is 1. The maximum atomic E-state index is 12.6. The van der Waals surface area contributed by atoms with E-state index in [-0.39, 0.29) is 5.91 Å². The Morgan fingerprint density at radius 2 is 2.09 bits per heavy atom. The summed E-state index contributed by atoms with van der Waals surface area (Å²) in [5.74, 6) is 0.310. The predicted molar refractivity (Wildman–Crippen MR) is 96.5 cm³/mol. The minimum Gasteiger partial charge on any atom is -0.465 e. The lowest BCUT2D eigenvalue weighted by Gasteiger charge is -2.07. The van der Waals surface area contributed by atoms with Gasteiger partial charge in [-0.1, -0.05) is 51.0 Å². The molecule has 0 spiro atoms. The average Bonchev–Trinajstić information content (AvgIpc) is 3.17. The first-order valence-electron chi connectivity index (χ1n) is 6.55. The molecule has 0 aliphatic rings. The standard InChI is InChI=1S/C16H10BrClN2O2S/c17-11-5-3-10(4-6-11)13(8-12-2-1-7-22-12)15(21)20-16-19-9-14(18)23-16/h1-9H,(H,19,20,21). The van der Waals surface area contributed by atoms with Crippen molar-refractivity contribution in [3.63, 3.8) is 0 Å². The van der Waals surface area contributed by atoms with E-state index in [0.717, 1.165) is 10.0 Å². The SMILES string of the molecule is O=C(Nc1ncc(Cl)s1)C(=Cc1ccco1)c1ccc(Br)cc1. The van der Waals surface area contributed by atoms with Crippen molar-refractivity contribution >= 4 is 61.6 Å². The molecule has 0 aliphatic heterocycles. The van der Waals surface area contributed by atoms with Gasteiger partial charge in [-0.05, 0) is 35.9 Å². The molecule has 0 saturated heterocycles. The molecule has 0 radical (unpaired) electrons. The molecular weight excluding hydrogens is 400 g/mol. The molecule has 0 unspecified atom stereocenters. The average molecular weight is 410 g/mol. The van der Waals surface area contributed by atoms with Gasteiger partial charge in [0.15, 0.2) is 5.13 Å². The van der Waals surface area contributed by atoms with E-state index in [9.17, 15) is 4.79 Å². The van der Waals surface area contributed by atoms with E-state index in [0.29, 0.717) is 20.8 Å². The van der Waals surface area contributed by atoms with Crippen molar-refractivity contribution in [2.45, 2.75) is 0 Å². The molecule has 2 aromatic heterocycles. The molecule has 0 fully saturated rings. The number of furan rings is 1. The summed E-state index contributed by atoms with van der Waals surface area (Å²) in [6, 6.07) is 11.0. The highest BCUT2D eigenvalue weighted by molar-refractivity contribution is 9.10. The maximum Gasteiger partial charge on any atom is 0.258 e. The third-order valence-corrected chi connectivity index (χ3v) is 4.49. The topological polar surface area (TPSA) is 55.1 Å². The lowest BCUT2D eigenvalue weighted by atomic mass is 10.0. The smallest absolute Gasteiger partial charge is 0.258 e. The van der Waals surface area contributed by atoms with E-state index < -0.39 is 0 Å². The first-order valence-corrected chi connectivity index (χ1v) is 8.54. The Balaban J connectivity index is 1.94. The number of aromatic nitrogens is 1. The van der Waals surface area contributed by atoms with Crippen LogP contribution in [0.3, 0.4) is 0 Å². The normalized spacial score (nSPS) is 11.5. The molecular formula is C16H10BrClN2O2S. The van der Waals surface area contributed by atoms with Crippen LogP contribution in [0.4, 0.5) is 5.13 Å². The van der Waals surface area contributed by atoms with Gasteiger partial charge in [0.25, 0.3) is 5.91 Å². The van der Waals surface area contributed by atoms with Crippen LogP contribution in [-0.2, 0) is 4.79 Å². The Morgan fingerprint density at radius 3 is 2.70 bits per heavy atom. The largest absolute Gasteiger partial charge is 0.465 e. The van der Waals surface area contributed by atoms with Crippen LogP contribution in [0.2, 0.25) is 4.34 Å². The Labute approximate surface area is 149 Å². The minimum absolute atomic E-state index is 0.283. The molecule has 116 valence electrons. The number of rotatable bonds is 4. The molecule has 3 rings (SSSR count). The van der Waals surface area contributed by atoms with Crippen molar-refractivity contribution in [3.05, 3.63) is 69.0 Å². The summed E-state index contributed by atoms with van der Waals surface area (Å²) in [5, 5.41) is 3.20. The van der Waals surface area contributed by atoms with Crippen molar-refractivity contribution in [3.8, 4) is 0 Å². The lowest BCUT2D eigenvalue weighted by molar-refractivity contribution is -0.111. The number of carbonyl (C=O) groups is 1. The molecule has 7 heteroatoms. The summed E-state index contributed by atoms with van der Waals surface area (Å²) in [6.45, 7) is 0. The number of amides is 1. The second kappa shape index (κ2) is 7.12. The number of nitrogens with zero attached hydrogens (tertiary/aromatic N) is 1. The van der Waals surface area contributed by atoms with E-state index in [1.807, 2.05) is 24.3 Å². The molecule has 3 aromatic rings. The van der Waals surface area contributed by atoms with Gasteiger partial charge in [0.05, 0.1) is 18.0 Å². The zero-order chi connectivity index (χ0) is 16.2. The van der Waals surface area contributed by atoms with Crippen molar-refractivity contribution in [2.75, 3.05) is 5.32 Å². The predicted octanol–water partition coefficient (Wildman–Crippen LogP) is 5.33. The number of anilines is 1. The van der Waals surface area contributed by atoms with Gasteiger partial charge in [-0.15, -0.1) is 0 Å². The summed E-state index contributed by atoms with van der Waals surface area (Å²) in [7, 11) is 0. The summed E-state index contributed by atoms with van der Waals surface area (Å²) >= 11 is 10.4. The minimum atomic E-state index is -0.283. The molecule has 23 heavy (non-hydrogen) atoms. The summed E-state index contributed by atoms with van der Waals surface area (Å²) in [6.07, 6.45) is 4.74. The zero-order valence-electron chi connectivity index (χ0n) is 11.6. The Hall–Kier alpha value is -1.89. The van der Waals surface area contributed by atoms with Crippen molar-refractivity contribution in [1.29, 1.82) is 0 Å². The monoisotopic (exact) mass is 408 g/mol. The van der Waals surface area contributed by atoms with Crippen LogP contribution in [0.15, 0.2) is 57.7 Å². The first kappa shape index (κ1) is 16.0. The Morgan fingerprint density at radius 1 is 1.30 bits per heavy atom. The fourth-order valence-electron chi connectivity index (χ4n) is 1.90. The van der Waals surface area contributed by atoms with Gasteiger partial charge in [0.2, 0.25) is 0 Å². The van der Waals surface area contributed by atoms with Crippen LogP contribution in [-0.4, -0.2) is 10.9 Å². The Bertz CT molecular complexity index is 841. The van der Waals surface area contributed by atoms with Crippen molar-refractivity contribution < 1.29 is 9.21 Å². The van der Waals surface area contributed by atoms with Crippen LogP contribution >= 0.6 is 38.9 Å². The highest BCUT2D eigenvalue weighted by atomic mass is 79.9. The molecule has 0 atom stereocenters. The van der Waals surface area contributed by atoms with E-state index in [1.165, 1.54) is 17.5 Å². The third-order valence-electron chi connectivity index (χ3n) is 2.93. The number of nitrogens with one attached hydrogen (secondary N) is 1. The summed E-state index contributed by atoms with van der Waals surface area (Å²) in [5.41, 5.74) is 1.24. The summed E-state index contributed by atoms with van der Waals surface area (Å²) in [4.78, 5) is 16.7. The number of halogens is 2. The first-order chi connectivity index (χ1) is 11.1. The van der Waals surface area contributed by atoms with Gasteiger partial charge in [0.1, 0.15) is 10.1 Å². The van der Waals surface area contributed by atoms with Gasteiger partial charge in [-0.25, -0.2) is 4.98 Å². The second-order valence-electron chi connectivity index (χ2n) is 4.50. The zero-order valence-corrected chi connectivity index (χ0v) is 14.8. The van der Waals surface area contributed by atoms with E-state index in [2.05, 4.69) is 26.2 Å². The molecule has 0 bridgehead atoms. The Kier molecular flexibility index (Phi) is 4.95. The van der Waals surface area contributed by atoms with E-state index >= 15 is 0 Å². The van der Waals surface area contributed by atoms with E-state index in [4.69, 9.17) is 16.0 Å². The third kappa shape index (κ3) is 4.10. The number of thiazole rings is 1. The second-order valence-corrected chi connectivity index (χ2v) is 7.08. The summed E-state index contributed by atoms with van der Waals surface area (Å²) < 4.78 is 6.76. The fourth-order valence-corrected chi connectivity index (χ4v) is 2.97. The van der Waals surface area contributed by atoms with Crippen molar-refractivity contribution in [2.24, 2.45) is 0 Å². The molecule has 0 aliphatic carbocycles. The number of hydrogen-bond donors (Lipinski definition) is 1. The van der Waals surface area contributed by atoms with Crippen LogP contribution in [0.25, 0.3) is 11.6 Å². The van der Waals surface area contributed by atoms with Gasteiger partial charge in [0, 0.05) is 4.47 Å². The van der Waals surface area contributed by atoms with Gasteiger partial charge in [-0.2, -0.15) is 0 Å². The van der Waals surface area contributed by atoms with Gasteiger partial charge >= 0.3 is 0 Å². The van der Waals surface area contributed by atoms with E-state index in [1.54, 1.807) is 24.5 Å². The number of carbonyl (C=O) groups excluding carboxylic acids is 1. The fraction of sp³-hybridized carbons (Fsp3) is 0. The van der Waals surface area contributed by atoms with Crippen molar-refractivity contribution in [1.82, 2.24) is 4.98 Å². The van der Waals surface area contributed by atoms with Gasteiger partial charge < -0.3 is 4.42 Å². The molecule has 4 nitrogen and oxygen atoms in total. The van der Waals surface area contributed by atoms with Crippen LogP contribution in [0.5, 0.6) is 0 Å². The van der Waals surface area contributed by atoms with Gasteiger partial charge in [-0.3, -0.25) is 10.1 Å². The molecule has 0 saturated carbocycles. The lowest BCUT2D eigenvalue weighted by Crippen LogP contribution is -2.13. The highest BCUT2D eigenvalue weighted by Crippen LogP contribution is 2.26. The van der Waals surface area contributed by atoms with Crippen LogP contribution < -0.4 is 5.32 Å². The van der Waals surface area contributed by atoms with Crippen LogP contribution in [0.1, 0.15) is 11.3 Å². The molecule has 1 amide bonds. The number of hydrogen-bond acceptors (Lipinski definition) is 4. The van der Waals surface area contributed by atoms with Crippen LogP contribution in [0, 0.1) is 0 Å². The highest BCUT2D eigenvalue weighted by Gasteiger charge is 2.15. The maximum absolute atomic E-state index is 12.6. The molecule has 1 aromatic carbocycles.